The van der Waals surface area contributed by atoms with Crippen LogP contribution in [0.5, 0.6) is 5.75 Å². The molecule has 0 bridgehead atoms. The number of likely N-dealkylation sites (N-methyl/N-ethyl adjacent to an activating group) is 1. The molecule has 1 aromatic carbocycles. The summed E-state index contributed by atoms with van der Waals surface area (Å²) in [6, 6.07) is 6.66. The van der Waals surface area contributed by atoms with Crippen LogP contribution in [0.1, 0.15) is 13.3 Å². The highest BCUT2D eigenvalue weighted by molar-refractivity contribution is 7.89. The summed E-state index contributed by atoms with van der Waals surface area (Å²) in [6.07, 6.45) is 0.935. The smallest absolute Gasteiger partial charge is 0.243 e. The van der Waals surface area contributed by atoms with E-state index in [-0.39, 0.29) is 0 Å². The average molecular weight is 298 g/mol. The first kappa shape index (κ1) is 15.3. The number of nitrogens with zero attached hydrogens (tertiary/aromatic N) is 1. The van der Waals surface area contributed by atoms with Crippen molar-refractivity contribution in [2.75, 3.05) is 33.3 Å². The van der Waals surface area contributed by atoms with E-state index < -0.39 is 10.0 Å². The molecule has 6 heteroatoms. The van der Waals surface area contributed by atoms with Crippen LogP contribution in [0.2, 0.25) is 0 Å². The van der Waals surface area contributed by atoms with Crippen LogP contribution in [0, 0.1) is 5.92 Å². The van der Waals surface area contributed by atoms with Gasteiger partial charge in [-0.1, -0.05) is 6.92 Å². The predicted octanol–water partition coefficient (Wildman–Crippen LogP) is 1.32. The summed E-state index contributed by atoms with van der Waals surface area (Å²) < 4.78 is 31.9. The molecule has 5 nitrogen and oxygen atoms in total. The van der Waals surface area contributed by atoms with Gasteiger partial charge in [0.25, 0.3) is 0 Å². The van der Waals surface area contributed by atoms with Crippen LogP contribution >= 0.6 is 0 Å². The molecular weight excluding hydrogens is 276 g/mol. The zero-order valence-electron chi connectivity index (χ0n) is 12.0. The van der Waals surface area contributed by atoms with Crippen LogP contribution in [0.25, 0.3) is 0 Å². The second-order valence-corrected chi connectivity index (χ2v) is 7.12. The largest absolute Gasteiger partial charge is 0.492 e. The fourth-order valence-electron chi connectivity index (χ4n) is 2.24. The molecule has 0 saturated carbocycles. The lowest BCUT2D eigenvalue weighted by Crippen LogP contribution is -2.28. The van der Waals surface area contributed by atoms with Gasteiger partial charge in [-0.05, 0) is 43.7 Å². The van der Waals surface area contributed by atoms with E-state index in [1.54, 1.807) is 28.6 Å². The van der Waals surface area contributed by atoms with Crippen LogP contribution in [0.4, 0.5) is 0 Å². The lowest BCUT2D eigenvalue weighted by atomic mass is 10.2. The molecule has 1 heterocycles. The van der Waals surface area contributed by atoms with Crippen LogP contribution in [-0.4, -0.2) is 46.0 Å². The molecule has 0 radical (unpaired) electrons. The topological polar surface area (TPSA) is 58.6 Å². The van der Waals surface area contributed by atoms with Gasteiger partial charge in [-0.15, -0.1) is 0 Å². The maximum Gasteiger partial charge on any atom is 0.243 e. The van der Waals surface area contributed by atoms with Gasteiger partial charge in [0, 0.05) is 19.6 Å². The average Bonchev–Trinajstić information content (AvgIpc) is 2.87. The molecule has 0 aromatic heterocycles. The second kappa shape index (κ2) is 6.56. The Morgan fingerprint density at radius 2 is 2.05 bits per heavy atom. The molecule has 20 heavy (non-hydrogen) atoms. The monoisotopic (exact) mass is 298 g/mol. The number of rotatable bonds is 6. The van der Waals surface area contributed by atoms with Gasteiger partial charge in [0.15, 0.2) is 0 Å². The summed E-state index contributed by atoms with van der Waals surface area (Å²) in [7, 11) is -1.49. The third-order valence-corrected chi connectivity index (χ3v) is 5.35. The number of nitrogens with one attached hydrogen (secondary N) is 1. The highest BCUT2D eigenvalue weighted by Gasteiger charge is 2.30. The van der Waals surface area contributed by atoms with Gasteiger partial charge in [-0.2, -0.15) is 4.31 Å². The van der Waals surface area contributed by atoms with Crippen molar-refractivity contribution in [2.45, 2.75) is 18.2 Å². The fourth-order valence-corrected chi connectivity index (χ4v) is 3.82. The second-order valence-electron chi connectivity index (χ2n) is 5.18. The lowest BCUT2D eigenvalue weighted by Gasteiger charge is -2.16. The molecule has 1 aliphatic heterocycles. The first-order chi connectivity index (χ1) is 9.54. The van der Waals surface area contributed by atoms with Crippen molar-refractivity contribution in [3.8, 4) is 5.75 Å². The zero-order valence-corrected chi connectivity index (χ0v) is 12.8. The van der Waals surface area contributed by atoms with Gasteiger partial charge in [-0.3, -0.25) is 0 Å². The van der Waals surface area contributed by atoms with E-state index in [1.807, 2.05) is 7.05 Å². The minimum atomic E-state index is -3.35. The summed E-state index contributed by atoms with van der Waals surface area (Å²) in [6.45, 7) is 4.62. The van der Waals surface area contributed by atoms with E-state index in [0.717, 1.165) is 13.0 Å². The van der Waals surface area contributed by atoms with Crippen LogP contribution in [0.3, 0.4) is 0 Å². The van der Waals surface area contributed by atoms with E-state index >= 15 is 0 Å². The number of hydrogen-bond donors (Lipinski definition) is 1. The van der Waals surface area contributed by atoms with Gasteiger partial charge in [-0.25, -0.2) is 8.42 Å². The van der Waals surface area contributed by atoms with E-state index in [2.05, 4.69) is 12.2 Å². The molecular formula is C14H22N2O3S. The standard InChI is InChI=1S/C14H22N2O3S/c1-12-7-9-16(11-12)20(17,18)14-5-3-13(4-6-14)19-10-8-15-2/h3-6,12,15H,7-11H2,1-2H3. The van der Waals surface area contributed by atoms with E-state index in [1.165, 1.54) is 0 Å². The Morgan fingerprint density at radius 3 is 2.60 bits per heavy atom. The van der Waals surface area contributed by atoms with Crippen molar-refractivity contribution >= 4 is 10.0 Å². The molecule has 1 unspecified atom stereocenters. The van der Waals surface area contributed by atoms with Gasteiger partial charge in [0.1, 0.15) is 12.4 Å². The lowest BCUT2D eigenvalue weighted by molar-refractivity contribution is 0.318. The van der Waals surface area contributed by atoms with Gasteiger partial charge in [0.05, 0.1) is 4.90 Å². The minimum absolute atomic E-state index is 0.340. The fraction of sp³-hybridized carbons (Fsp3) is 0.571. The van der Waals surface area contributed by atoms with Crippen molar-refractivity contribution < 1.29 is 13.2 Å². The molecule has 0 spiro atoms. The van der Waals surface area contributed by atoms with Crippen LogP contribution in [0.15, 0.2) is 29.2 Å². The summed E-state index contributed by atoms with van der Waals surface area (Å²) in [5.41, 5.74) is 0. The number of hydrogen-bond acceptors (Lipinski definition) is 4. The van der Waals surface area contributed by atoms with E-state index in [9.17, 15) is 8.42 Å². The third-order valence-electron chi connectivity index (χ3n) is 3.47. The molecule has 1 aromatic rings. The molecule has 0 amide bonds. The van der Waals surface area contributed by atoms with E-state index in [0.29, 0.717) is 36.3 Å². The van der Waals surface area contributed by atoms with Crippen molar-refractivity contribution in [3.05, 3.63) is 24.3 Å². The van der Waals surface area contributed by atoms with E-state index in [4.69, 9.17) is 4.74 Å². The van der Waals surface area contributed by atoms with Crippen LogP contribution in [-0.2, 0) is 10.0 Å². The van der Waals surface area contributed by atoms with Gasteiger partial charge < -0.3 is 10.1 Å². The molecule has 112 valence electrons. The van der Waals surface area contributed by atoms with Crippen molar-refractivity contribution in [2.24, 2.45) is 5.92 Å². The summed E-state index contributed by atoms with van der Waals surface area (Å²) in [5.74, 6) is 1.13. The minimum Gasteiger partial charge on any atom is -0.492 e. The molecule has 1 N–H and O–H groups in total. The zero-order chi connectivity index (χ0) is 14.6. The third kappa shape index (κ3) is 3.50. The maximum atomic E-state index is 12.4. The van der Waals surface area contributed by atoms with Crippen LogP contribution < -0.4 is 10.1 Å². The van der Waals surface area contributed by atoms with Crippen molar-refractivity contribution in [1.82, 2.24) is 9.62 Å². The summed E-state index contributed by atoms with van der Waals surface area (Å²) in [5, 5.41) is 2.99. The quantitative estimate of drug-likeness (QED) is 0.805. The Morgan fingerprint density at radius 1 is 1.35 bits per heavy atom. The Balaban J connectivity index is 2.05. The van der Waals surface area contributed by atoms with Gasteiger partial charge in [0.2, 0.25) is 10.0 Å². The van der Waals surface area contributed by atoms with Crippen molar-refractivity contribution in [3.63, 3.8) is 0 Å². The Bertz CT molecular complexity index is 528. The van der Waals surface area contributed by atoms with Crippen molar-refractivity contribution in [1.29, 1.82) is 0 Å². The number of ether oxygens (including phenoxy) is 1. The highest BCUT2D eigenvalue weighted by atomic mass is 32.2. The predicted molar refractivity (Wildman–Crippen MR) is 78.4 cm³/mol. The first-order valence-electron chi connectivity index (χ1n) is 6.91. The Kier molecular flexibility index (Phi) is 5.01. The number of benzene rings is 1. The van der Waals surface area contributed by atoms with Gasteiger partial charge >= 0.3 is 0 Å². The first-order valence-corrected chi connectivity index (χ1v) is 8.35. The molecule has 1 saturated heterocycles. The molecule has 0 aliphatic carbocycles. The molecule has 1 atom stereocenters. The summed E-state index contributed by atoms with van der Waals surface area (Å²) in [4.78, 5) is 0.340. The maximum absolute atomic E-state index is 12.4. The summed E-state index contributed by atoms with van der Waals surface area (Å²) >= 11 is 0. The Labute approximate surface area is 121 Å². The molecule has 1 fully saturated rings. The normalized spacial score (nSPS) is 20.2. The molecule has 1 aliphatic rings. The number of sulfonamides is 1. The highest BCUT2D eigenvalue weighted by Crippen LogP contribution is 2.25. The Hall–Kier alpha value is -1.11. The molecule has 2 rings (SSSR count). The SMILES string of the molecule is CNCCOc1ccc(S(=O)(=O)N2CCC(C)C2)cc1.